The molecule has 22 heavy (non-hydrogen) atoms. The number of halogens is 2. The zero-order valence-corrected chi connectivity index (χ0v) is 12.5. The van der Waals surface area contributed by atoms with Crippen LogP contribution in [0.3, 0.4) is 0 Å². The fourth-order valence-corrected chi connectivity index (χ4v) is 4.01. The summed E-state index contributed by atoms with van der Waals surface area (Å²) in [6.45, 7) is 0.0281. The Kier molecular flexibility index (Phi) is 4.43. The molecule has 2 saturated carbocycles. The number of nitrogens with two attached hydrogens (primary N) is 1. The molecule has 0 saturated heterocycles. The Balaban J connectivity index is 1.59. The van der Waals surface area contributed by atoms with E-state index in [-0.39, 0.29) is 30.0 Å². The van der Waals surface area contributed by atoms with Gasteiger partial charge in [-0.05, 0) is 55.7 Å². The maximum absolute atomic E-state index is 13.6. The Morgan fingerprint density at radius 2 is 1.91 bits per heavy atom. The van der Waals surface area contributed by atoms with Crippen molar-refractivity contribution in [3.05, 3.63) is 35.4 Å². The van der Waals surface area contributed by atoms with Crippen molar-refractivity contribution in [2.45, 2.75) is 44.7 Å². The van der Waals surface area contributed by atoms with E-state index in [1.807, 2.05) is 0 Å². The van der Waals surface area contributed by atoms with Crippen molar-refractivity contribution in [2.24, 2.45) is 23.5 Å². The highest BCUT2D eigenvalue weighted by Gasteiger charge is 2.40. The van der Waals surface area contributed by atoms with Gasteiger partial charge >= 0.3 is 0 Å². The van der Waals surface area contributed by atoms with Crippen molar-refractivity contribution >= 4 is 5.91 Å². The molecule has 2 aliphatic rings. The van der Waals surface area contributed by atoms with Crippen LogP contribution in [0.4, 0.5) is 8.78 Å². The molecular weight excluding hydrogens is 286 g/mol. The minimum absolute atomic E-state index is 0.0281. The van der Waals surface area contributed by atoms with Crippen molar-refractivity contribution < 1.29 is 13.6 Å². The third-order valence-corrected chi connectivity index (χ3v) is 5.24. The second-order valence-electron chi connectivity index (χ2n) is 6.65. The molecule has 2 fully saturated rings. The largest absolute Gasteiger partial charge is 0.352 e. The number of rotatable bonds is 3. The minimum Gasteiger partial charge on any atom is -0.352 e. The van der Waals surface area contributed by atoms with Gasteiger partial charge in [0.15, 0.2) is 0 Å². The van der Waals surface area contributed by atoms with Gasteiger partial charge in [-0.2, -0.15) is 0 Å². The Morgan fingerprint density at radius 1 is 1.23 bits per heavy atom. The predicted molar refractivity (Wildman–Crippen MR) is 79.7 cm³/mol. The number of hydrogen-bond donors (Lipinski definition) is 2. The second-order valence-corrected chi connectivity index (χ2v) is 6.65. The zero-order valence-electron chi connectivity index (χ0n) is 12.5. The Morgan fingerprint density at radius 3 is 2.59 bits per heavy atom. The molecule has 2 atom stereocenters. The maximum Gasteiger partial charge on any atom is 0.223 e. The van der Waals surface area contributed by atoms with Crippen LogP contribution in [0.5, 0.6) is 0 Å². The number of nitrogens with one attached hydrogen (secondary N) is 1. The SMILES string of the molecule is NC1C2CCCC1CC(C(=O)NCc1cc(F)ccc1F)C2. The van der Waals surface area contributed by atoms with Crippen molar-refractivity contribution in [3.63, 3.8) is 0 Å². The number of carbonyl (C=O) groups excluding carboxylic acids is 1. The number of carbonyl (C=O) groups is 1. The highest BCUT2D eigenvalue weighted by atomic mass is 19.1. The zero-order chi connectivity index (χ0) is 15.7. The first kappa shape index (κ1) is 15.4. The van der Waals surface area contributed by atoms with Crippen LogP contribution in [0.15, 0.2) is 18.2 Å². The lowest BCUT2D eigenvalue weighted by Crippen LogP contribution is -2.49. The minimum atomic E-state index is -0.496. The van der Waals surface area contributed by atoms with Crippen molar-refractivity contribution in [1.82, 2.24) is 5.32 Å². The molecule has 3 rings (SSSR count). The van der Waals surface area contributed by atoms with Crippen LogP contribution in [0.1, 0.15) is 37.7 Å². The summed E-state index contributed by atoms with van der Waals surface area (Å²) in [4.78, 5) is 12.3. The van der Waals surface area contributed by atoms with Crippen LogP contribution in [0.2, 0.25) is 0 Å². The van der Waals surface area contributed by atoms with Crippen molar-refractivity contribution in [2.75, 3.05) is 0 Å². The average molecular weight is 308 g/mol. The molecule has 2 bridgehead atoms. The molecule has 2 unspecified atom stereocenters. The predicted octanol–water partition coefficient (Wildman–Crippen LogP) is 2.73. The van der Waals surface area contributed by atoms with Crippen LogP contribution in [0, 0.1) is 29.4 Å². The second kappa shape index (κ2) is 6.32. The molecule has 1 aromatic rings. The van der Waals surface area contributed by atoms with Crippen LogP contribution < -0.4 is 11.1 Å². The summed E-state index contributed by atoms with van der Waals surface area (Å²) < 4.78 is 26.7. The Hall–Kier alpha value is -1.49. The van der Waals surface area contributed by atoms with E-state index in [0.717, 1.165) is 43.9 Å². The maximum atomic E-state index is 13.6. The van der Waals surface area contributed by atoms with Crippen LogP contribution in [-0.4, -0.2) is 11.9 Å². The molecule has 120 valence electrons. The smallest absolute Gasteiger partial charge is 0.223 e. The first-order chi connectivity index (χ1) is 10.5. The molecule has 0 heterocycles. The summed E-state index contributed by atoms with van der Waals surface area (Å²) in [5, 5.41) is 2.75. The number of amides is 1. The summed E-state index contributed by atoms with van der Waals surface area (Å²) in [7, 11) is 0. The van der Waals surface area contributed by atoms with E-state index in [1.165, 1.54) is 6.42 Å². The van der Waals surface area contributed by atoms with Crippen molar-refractivity contribution in [3.8, 4) is 0 Å². The quantitative estimate of drug-likeness (QED) is 0.902. The van der Waals surface area contributed by atoms with Crippen molar-refractivity contribution in [1.29, 1.82) is 0 Å². The molecule has 2 aliphatic carbocycles. The third-order valence-electron chi connectivity index (χ3n) is 5.24. The summed E-state index contributed by atoms with van der Waals surface area (Å²) in [6, 6.07) is 3.50. The number of fused-ring (bicyclic) bond motifs is 2. The van der Waals surface area contributed by atoms with E-state index >= 15 is 0 Å². The molecule has 3 N–H and O–H groups in total. The van der Waals surface area contributed by atoms with E-state index in [0.29, 0.717) is 11.8 Å². The fourth-order valence-electron chi connectivity index (χ4n) is 4.01. The van der Waals surface area contributed by atoms with Crippen LogP contribution >= 0.6 is 0 Å². The number of benzene rings is 1. The summed E-state index contributed by atoms with van der Waals surface area (Å²) in [6.07, 6.45) is 5.02. The van der Waals surface area contributed by atoms with E-state index in [2.05, 4.69) is 5.32 Å². The average Bonchev–Trinajstić information content (AvgIpc) is 2.47. The molecule has 1 amide bonds. The lowest BCUT2D eigenvalue weighted by atomic mass is 9.65. The molecule has 0 aliphatic heterocycles. The number of hydrogen-bond acceptors (Lipinski definition) is 2. The highest BCUT2D eigenvalue weighted by molar-refractivity contribution is 5.78. The first-order valence-electron chi connectivity index (χ1n) is 8.02. The van der Waals surface area contributed by atoms with Gasteiger partial charge in [0, 0.05) is 24.1 Å². The topological polar surface area (TPSA) is 55.1 Å². The van der Waals surface area contributed by atoms with E-state index in [9.17, 15) is 13.6 Å². The normalized spacial score (nSPS) is 30.9. The van der Waals surface area contributed by atoms with Gasteiger partial charge in [0.1, 0.15) is 11.6 Å². The van der Waals surface area contributed by atoms with Gasteiger partial charge in [-0.15, -0.1) is 0 Å². The Labute approximate surface area is 129 Å². The van der Waals surface area contributed by atoms with E-state index in [1.54, 1.807) is 0 Å². The highest BCUT2D eigenvalue weighted by Crippen LogP contribution is 2.41. The summed E-state index contributed by atoms with van der Waals surface area (Å²) >= 11 is 0. The van der Waals surface area contributed by atoms with Gasteiger partial charge in [-0.25, -0.2) is 8.78 Å². The summed E-state index contributed by atoms with van der Waals surface area (Å²) in [5.74, 6) is -0.254. The van der Waals surface area contributed by atoms with Gasteiger partial charge in [0.2, 0.25) is 5.91 Å². The first-order valence-corrected chi connectivity index (χ1v) is 8.02. The third kappa shape index (κ3) is 3.14. The lowest BCUT2D eigenvalue weighted by molar-refractivity contribution is -0.128. The van der Waals surface area contributed by atoms with Gasteiger partial charge in [-0.3, -0.25) is 4.79 Å². The molecule has 1 aromatic carbocycles. The van der Waals surface area contributed by atoms with Gasteiger partial charge in [0.05, 0.1) is 0 Å². The van der Waals surface area contributed by atoms with Gasteiger partial charge < -0.3 is 11.1 Å². The monoisotopic (exact) mass is 308 g/mol. The van der Waals surface area contributed by atoms with E-state index < -0.39 is 11.6 Å². The molecule has 3 nitrogen and oxygen atoms in total. The molecule has 0 spiro atoms. The molecule has 5 heteroatoms. The standard InChI is InChI=1S/C17H22F2N2O/c18-14-4-5-15(19)13(8-14)9-21-17(22)12-6-10-2-1-3-11(7-12)16(10)20/h4-5,8,10-12,16H,1-3,6-7,9,20H2,(H,21,22). The Bertz CT molecular complexity index is 550. The molecule has 0 radical (unpaired) electrons. The lowest BCUT2D eigenvalue weighted by Gasteiger charge is -2.43. The molecular formula is C17H22F2N2O. The van der Waals surface area contributed by atoms with Gasteiger partial charge in [-0.1, -0.05) is 6.42 Å². The van der Waals surface area contributed by atoms with Crippen LogP contribution in [-0.2, 0) is 11.3 Å². The molecule has 0 aromatic heterocycles. The van der Waals surface area contributed by atoms with Gasteiger partial charge in [0.25, 0.3) is 0 Å². The fraction of sp³-hybridized carbons (Fsp3) is 0.588. The van der Waals surface area contributed by atoms with E-state index in [4.69, 9.17) is 5.73 Å². The van der Waals surface area contributed by atoms with Crippen LogP contribution in [0.25, 0.3) is 0 Å². The summed E-state index contributed by atoms with van der Waals surface area (Å²) in [5.41, 5.74) is 6.41.